The van der Waals surface area contributed by atoms with Gasteiger partial charge in [-0.15, -0.1) is 0 Å². The van der Waals surface area contributed by atoms with Crippen LogP contribution in [0.3, 0.4) is 0 Å². The molecule has 4 heteroatoms. The fraction of sp³-hybridized carbons (Fsp3) is 0. The van der Waals surface area contributed by atoms with Gasteiger partial charge in [0.05, 0.1) is 5.52 Å². The van der Waals surface area contributed by atoms with Gasteiger partial charge in [-0.25, -0.2) is 9.37 Å². The Hall–Kier alpha value is -1.35. The minimum atomic E-state index is -0.365. The van der Waals surface area contributed by atoms with Gasteiger partial charge in [0.25, 0.3) is 0 Å². The minimum Gasteiger partial charge on any atom is -0.505 e. The molecule has 1 aromatic carbocycles. The molecule has 0 atom stereocenters. The van der Waals surface area contributed by atoms with E-state index in [1.54, 1.807) is 0 Å². The molecule has 2 aromatic rings. The summed E-state index contributed by atoms with van der Waals surface area (Å²) >= 11 is 5.57. The lowest BCUT2D eigenvalue weighted by Crippen LogP contribution is -1.82. The Morgan fingerprint density at radius 3 is 2.85 bits per heavy atom. The molecule has 0 aliphatic carbocycles. The third-order valence-corrected chi connectivity index (χ3v) is 1.99. The van der Waals surface area contributed by atoms with Crippen molar-refractivity contribution in [2.75, 3.05) is 0 Å². The van der Waals surface area contributed by atoms with Gasteiger partial charge in [0.1, 0.15) is 5.82 Å². The zero-order chi connectivity index (χ0) is 9.42. The summed E-state index contributed by atoms with van der Waals surface area (Å²) < 4.78 is 12.7. The second-order valence-electron chi connectivity index (χ2n) is 2.64. The lowest BCUT2D eigenvalue weighted by Gasteiger charge is -1.99. The second kappa shape index (κ2) is 2.85. The van der Waals surface area contributed by atoms with Crippen molar-refractivity contribution in [2.45, 2.75) is 0 Å². The number of halogens is 2. The van der Waals surface area contributed by atoms with Gasteiger partial charge < -0.3 is 5.11 Å². The third-order valence-electron chi connectivity index (χ3n) is 1.71. The van der Waals surface area contributed by atoms with Crippen molar-refractivity contribution in [2.24, 2.45) is 0 Å². The highest BCUT2D eigenvalue weighted by atomic mass is 35.5. The molecule has 0 saturated heterocycles. The van der Waals surface area contributed by atoms with Crippen LogP contribution in [0.1, 0.15) is 0 Å². The molecule has 0 amide bonds. The number of aromatic hydroxyl groups is 1. The number of fused-ring (bicyclic) bond motifs is 1. The van der Waals surface area contributed by atoms with Gasteiger partial charge in [-0.05, 0) is 24.3 Å². The molecule has 13 heavy (non-hydrogen) atoms. The fourth-order valence-electron chi connectivity index (χ4n) is 1.11. The van der Waals surface area contributed by atoms with Gasteiger partial charge in [-0.3, -0.25) is 0 Å². The van der Waals surface area contributed by atoms with Crippen LogP contribution < -0.4 is 0 Å². The number of rotatable bonds is 0. The van der Waals surface area contributed by atoms with E-state index in [4.69, 9.17) is 11.6 Å². The maximum atomic E-state index is 12.7. The molecule has 1 heterocycles. The molecule has 2 rings (SSSR count). The predicted molar refractivity (Wildman–Crippen MR) is 48.4 cm³/mol. The average molecular weight is 198 g/mol. The summed E-state index contributed by atoms with van der Waals surface area (Å²) in [6.07, 6.45) is 0. The van der Waals surface area contributed by atoms with Crippen molar-refractivity contribution in [1.29, 1.82) is 0 Å². The highest BCUT2D eigenvalue weighted by Gasteiger charge is 2.03. The monoisotopic (exact) mass is 197 g/mol. The van der Waals surface area contributed by atoms with Crippen molar-refractivity contribution in [3.63, 3.8) is 0 Å². The van der Waals surface area contributed by atoms with Crippen LogP contribution in [-0.4, -0.2) is 10.1 Å². The molecule has 2 nitrogen and oxygen atoms in total. The van der Waals surface area contributed by atoms with Crippen molar-refractivity contribution < 1.29 is 9.50 Å². The van der Waals surface area contributed by atoms with E-state index in [0.717, 1.165) is 0 Å². The number of hydrogen-bond donors (Lipinski definition) is 1. The molecule has 66 valence electrons. The largest absolute Gasteiger partial charge is 0.505 e. The first-order valence-corrected chi connectivity index (χ1v) is 3.99. The Balaban J connectivity index is 2.81. The number of aromatic nitrogens is 1. The summed E-state index contributed by atoms with van der Waals surface area (Å²) in [6.45, 7) is 0. The Bertz CT molecular complexity index is 472. The van der Waals surface area contributed by atoms with Crippen LogP contribution in [0.15, 0.2) is 24.3 Å². The molecule has 0 fully saturated rings. The van der Waals surface area contributed by atoms with E-state index >= 15 is 0 Å². The van der Waals surface area contributed by atoms with Crippen molar-refractivity contribution in [1.82, 2.24) is 4.98 Å². The number of nitrogens with zero attached hydrogens (tertiary/aromatic N) is 1. The molecule has 1 N–H and O–H groups in total. The number of benzene rings is 1. The second-order valence-corrected chi connectivity index (χ2v) is 2.99. The van der Waals surface area contributed by atoms with Gasteiger partial charge in [0, 0.05) is 5.39 Å². The summed E-state index contributed by atoms with van der Waals surface area (Å²) in [5.41, 5.74) is 0.559. The first-order valence-electron chi connectivity index (χ1n) is 3.61. The van der Waals surface area contributed by atoms with E-state index in [2.05, 4.69) is 4.98 Å². The summed E-state index contributed by atoms with van der Waals surface area (Å²) in [6, 6.07) is 5.48. The Kier molecular flexibility index (Phi) is 1.81. The lowest BCUT2D eigenvalue weighted by molar-refractivity contribution is 0.474. The standard InChI is InChI=1S/C9H5ClFNO/c10-9-8(13)4-5-3-6(11)1-2-7(5)12-9/h1-4,13H. The quantitative estimate of drug-likeness (QED) is 0.659. The van der Waals surface area contributed by atoms with Crippen LogP contribution in [0.5, 0.6) is 5.75 Å². The highest BCUT2D eigenvalue weighted by Crippen LogP contribution is 2.25. The average Bonchev–Trinajstić information content (AvgIpc) is 2.08. The molecular formula is C9H5ClFNO. The normalized spacial score (nSPS) is 10.6. The molecule has 0 spiro atoms. The zero-order valence-electron chi connectivity index (χ0n) is 6.46. The maximum absolute atomic E-state index is 12.7. The first-order chi connectivity index (χ1) is 6.16. The van der Waals surface area contributed by atoms with Crippen molar-refractivity contribution >= 4 is 22.5 Å². The highest BCUT2D eigenvalue weighted by molar-refractivity contribution is 6.31. The van der Waals surface area contributed by atoms with Gasteiger partial charge in [0.2, 0.25) is 0 Å². The molecule has 0 radical (unpaired) electrons. The topological polar surface area (TPSA) is 33.1 Å². The summed E-state index contributed by atoms with van der Waals surface area (Å²) in [7, 11) is 0. The van der Waals surface area contributed by atoms with Gasteiger partial charge in [0.15, 0.2) is 10.9 Å². The van der Waals surface area contributed by atoms with Crippen molar-refractivity contribution in [3.05, 3.63) is 35.2 Å². The van der Waals surface area contributed by atoms with Crippen LogP contribution >= 0.6 is 11.6 Å². The van der Waals surface area contributed by atoms with E-state index < -0.39 is 0 Å². The van der Waals surface area contributed by atoms with Crippen LogP contribution in [0.2, 0.25) is 5.15 Å². The number of hydrogen-bond acceptors (Lipinski definition) is 2. The van der Waals surface area contributed by atoms with E-state index in [-0.39, 0.29) is 16.7 Å². The molecule has 0 saturated carbocycles. The van der Waals surface area contributed by atoms with Crippen molar-refractivity contribution in [3.8, 4) is 5.75 Å². The molecule has 0 aliphatic rings. The van der Waals surface area contributed by atoms with E-state index in [9.17, 15) is 9.50 Å². The van der Waals surface area contributed by atoms with E-state index in [0.29, 0.717) is 10.9 Å². The van der Waals surface area contributed by atoms with Crippen LogP contribution in [0.25, 0.3) is 10.9 Å². The van der Waals surface area contributed by atoms with Gasteiger partial charge in [-0.2, -0.15) is 0 Å². The fourth-order valence-corrected chi connectivity index (χ4v) is 1.26. The van der Waals surface area contributed by atoms with Crippen LogP contribution in [-0.2, 0) is 0 Å². The predicted octanol–water partition coefficient (Wildman–Crippen LogP) is 2.73. The SMILES string of the molecule is Oc1cc2cc(F)ccc2nc1Cl. The summed E-state index contributed by atoms with van der Waals surface area (Å²) in [4.78, 5) is 3.87. The van der Waals surface area contributed by atoms with Gasteiger partial charge in [-0.1, -0.05) is 11.6 Å². The lowest BCUT2D eigenvalue weighted by atomic mass is 10.2. The molecule has 0 aliphatic heterocycles. The molecular weight excluding hydrogens is 193 g/mol. The summed E-state index contributed by atoms with van der Waals surface area (Å²) in [5, 5.41) is 9.75. The Morgan fingerprint density at radius 2 is 2.08 bits per heavy atom. The zero-order valence-corrected chi connectivity index (χ0v) is 7.22. The van der Waals surface area contributed by atoms with Crippen LogP contribution in [0.4, 0.5) is 4.39 Å². The molecule has 0 bridgehead atoms. The maximum Gasteiger partial charge on any atom is 0.171 e. The first kappa shape index (κ1) is 8.26. The number of pyridine rings is 1. The molecule has 1 aromatic heterocycles. The Morgan fingerprint density at radius 1 is 1.31 bits per heavy atom. The van der Waals surface area contributed by atoms with Gasteiger partial charge >= 0.3 is 0 Å². The van der Waals surface area contributed by atoms with E-state index in [1.165, 1.54) is 24.3 Å². The third kappa shape index (κ3) is 1.42. The summed E-state index contributed by atoms with van der Waals surface area (Å²) in [5.74, 6) is -0.504. The van der Waals surface area contributed by atoms with E-state index in [1.807, 2.05) is 0 Å². The van der Waals surface area contributed by atoms with Crippen LogP contribution in [0, 0.1) is 5.82 Å². The molecule has 0 unspecified atom stereocenters. The smallest absolute Gasteiger partial charge is 0.171 e. The minimum absolute atomic E-state index is 0.0270. The Labute approximate surface area is 78.6 Å².